The zero-order valence-electron chi connectivity index (χ0n) is 8.24. The number of amides is 1. The zero-order chi connectivity index (χ0) is 11.7. The molecule has 0 radical (unpaired) electrons. The van der Waals surface area contributed by atoms with E-state index in [0.29, 0.717) is 6.42 Å². The molecule has 0 bridgehead atoms. The first-order valence-electron chi connectivity index (χ1n) is 4.72. The SMILES string of the molecule is O=C(O)N1CCCOc2cc(F)c(F)cc21. The number of hydrogen-bond acceptors (Lipinski definition) is 2. The van der Waals surface area contributed by atoms with Gasteiger partial charge in [0.05, 0.1) is 12.3 Å². The van der Waals surface area contributed by atoms with E-state index in [1.54, 1.807) is 0 Å². The van der Waals surface area contributed by atoms with Gasteiger partial charge < -0.3 is 9.84 Å². The Kier molecular flexibility index (Phi) is 2.64. The number of fused-ring (bicyclic) bond motifs is 1. The predicted molar refractivity (Wildman–Crippen MR) is 51.8 cm³/mol. The first-order chi connectivity index (χ1) is 7.59. The summed E-state index contributed by atoms with van der Waals surface area (Å²) in [6.45, 7) is 0.481. The van der Waals surface area contributed by atoms with Crippen molar-refractivity contribution < 1.29 is 23.4 Å². The molecule has 1 aromatic rings. The third-order valence-electron chi connectivity index (χ3n) is 2.31. The number of ether oxygens (including phenoxy) is 1. The fourth-order valence-electron chi connectivity index (χ4n) is 1.57. The highest BCUT2D eigenvalue weighted by Gasteiger charge is 2.23. The van der Waals surface area contributed by atoms with Crippen LogP contribution in [0, 0.1) is 11.6 Å². The van der Waals surface area contributed by atoms with Crippen LogP contribution in [0.2, 0.25) is 0 Å². The van der Waals surface area contributed by atoms with Crippen molar-refractivity contribution in [3.05, 3.63) is 23.8 Å². The van der Waals surface area contributed by atoms with E-state index in [9.17, 15) is 13.6 Å². The Morgan fingerprint density at radius 3 is 2.75 bits per heavy atom. The van der Waals surface area contributed by atoms with Gasteiger partial charge in [-0.25, -0.2) is 13.6 Å². The average Bonchev–Trinajstić information content (AvgIpc) is 2.41. The molecule has 86 valence electrons. The lowest BCUT2D eigenvalue weighted by Crippen LogP contribution is -2.29. The van der Waals surface area contributed by atoms with E-state index < -0.39 is 17.7 Å². The highest BCUT2D eigenvalue weighted by Crippen LogP contribution is 2.33. The lowest BCUT2D eigenvalue weighted by molar-refractivity contribution is 0.202. The molecule has 0 atom stereocenters. The molecule has 2 rings (SSSR count). The highest BCUT2D eigenvalue weighted by atomic mass is 19.2. The van der Waals surface area contributed by atoms with Gasteiger partial charge >= 0.3 is 6.09 Å². The Labute approximate surface area is 90.0 Å². The lowest BCUT2D eigenvalue weighted by atomic mass is 10.2. The highest BCUT2D eigenvalue weighted by molar-refractivity contribution is 5.88. The van der Waals surface area contributed by atoms with Crippen molar-refractivity contribution in [2.45, 2.75) is 6.42 Å². The van der Waals surface area contributed by atoms with Gasteiger partial charge in [-0.05, 0) is 6.42 Å². The van der Waals surface area contributed by atoms with Crippen molar-refractivity contribution in [1.82, 2.24) is 0 Å². The van der Waals surface area contributed by atoms with E-state index in [1.165, 1.54) is 0 Å². The Hall–Kier alpha value is -1.85. The summed E-state index contributed by atoms with van der Waals surface area (Å²) in [7, 11) is 0. The molecule has 0 unspecified atom stereocenters. The van der Waals surface area contributed by atoms with Gasteiger partial charge in [0, 0.05) is 18.7 Å². The topological polar surface area (TPSA) is 49.8 Å². The van der Waals surface area contributed by atoms with Crippen LogP contribution in [0.25, 0.3) is 0 Å². The molecule has 0 fully saturated rings. The van der Waals surface area contributed by atoms with Crippen LogP contribution in [0.5, 0.6) is 5.75 Å². The molecule has 16 heavy (non-hydrogen) atoms. The van der Waals surface area contributed by atoms with E-state index in [0.717, 1.165) is 17.0 Å². The molecule has 4 nitrogen and oxygen atoms in total. The second-order valence-electron chi connectivity index (χ2n) is 3.37. The molecule has 1 N–H and O–H groups in total. The van der Waals surface area contributed by atoms with Gasteiger partial charge in [-0.1, -0.05) is 0 Å². The Morgan fingerprint density at radius 2 is 2.06 bits per heavy atom. The summed E-state index contributed by atoms with van der Waals surface area (Å²) in [5.41, 5.74) is 0.0453. The van der Waals surface area contributed by atoms with Crippen molar-refractivity contribution >= 4 is 11.8 Å². The van der Waals surface area contributed by atoms with Gasteiger partial charge in [0.15, 0.2) is 11.6 Å². The van der Waals surface area contributed by atoms with Crippen LogP contribution < -0.4 is 9.64 Å². The number of nitrogens with zero attached hydrogens (tertiary/aromatic N) is 1. The Balaban J connectivity index is 2.52. The number of benzene rings is 1. The van der Waals surface area contributed by atoms with Crippen molar-refractivity contribution in [2.75, 3.05) is 18.1 Å². The minimum absolute atomic E-state index is 0.0453. The number of halogens is 2. The maximum Gasteiger partial charge on any atom is 0.411 e. The zero-order valence-corrected chi connectivity index (χ0v) is 8.24. The first kappa shape index (κ1) is 10.7. The van der Waals surface area contributed by atoms with Gasteiger partial charge in [0.25, 0.3) is 0 Å². The van der Waals surface area contributed by atoms with E-state index in [-0.39, 0.29) is 24.6 Å². The second kappa shape index (κ2) is 3.96. The fraction of sp³-hybridized carbons (Fsp3) is 0.300. The fourth-order valence-corrected chi connectivity index (χ4v) is 1.57. The monoisotopic (exact) mass is 229 g/mol. The van der Waals surface area contributed by atoms with Crippen molar-refractivity contribution in [3.8, 4) is 5.75 Å². The second-order valence-corrected chi connectivity index (χ2v) is 3.37. The third-order valence-corrected chi connectivity index (χ3v) is 2.31. The quantitative estimate of drug-likeness (QED) is 0.742. The van der Waals surface area contributed by atoms with Crippen molar-refractivity contribution in [1.29, 1.82) is 0 Å². The molecule has 0 aromatic heterocycles. The van der Waals surface area contributed by atoms with E-state index >= 15 is 0 Å². The molecule has 0 spiro atoms. The summed E-state index contributed by atoms with van der Waals surface area (Å²) in [5.74, 6) is -2.08. The number of carboxylic acid groups (broad SMARTS) is 1. The van der Waals surface area contributed by atoms with E-state index in [2.05, 4.69) is 0 Å². The molecular formula is C10H9F2NO3. The number of carbonyl (C=O) groups is 1. The summed E-state index contributed by atoms with van der Waals surface area (Å²) < 4.78 is 31.1. The molecule has 1 amide bonds. The molecule has 6 heteroatoms. The van der Waals surface area contributed by atoms with Gasteiger partial charge in [-0.15, -0.1) is 0 Å². The summed E-state index contributed by atoms with van der Waals surface area (Å²) in [6, 6.07) is 1.70. The van der Waals surface area contributed by atoms with E-state index in [1.807, 2.05) is 0 Å². The van der Waals surface area contributed by atoms with Crippen LogP contribution >= 0.6 is 0 Å². The molecular weight excluding hydrogens is 220 g/mol. The van der Waals surface area contributed by atoms with Crippen LogP contribution in [0.4, 0.5) is 19.3 Å². The molecule has 0 saturated heterocycles. The average molecular weight is 229 g/mol. The predicted octanol–water partition coefficient (Wildman–Crippen LogP) is 2.23. The molecule has 0 saturated carbocycles. The van der Waals surface area contributed by atoms with Gasteiger partial charge in [-0.3, -0.25) is 4.90 Å². The summed E-state index contributed by atoms with van der Waals surface area (Å²) in [6.07, 6.45) is -0.734. The summed E-state index contributed by atoms with van der Waals surface area (Å²) in [5, 5.41) is 8.92. The molecule has 1 heterocycles. The third kappa shape index (κ3) is 1.78. The van der Waals surface area contributed by atoms with Crippen LogP contribution in [0.3, 0.4) is 0 Å². The van der Waals surface area contributed by atoms with Gasteiger partial charge in [-0.2, -0.15) is 0 Å². The van der Waals surface area contributed by atoms with Crippen LogP contribution in [-0.4, -0.2) is 24.4 Å². The normalized spacial score (nSPS) is 15.0. The smallest absolute Gasteiger partial charge is 0.411 e. The minimum atomic E-state index is -1.21. The minimum Gasteiger partial charge on any atom is -0.491 e. The largest absolute Gasteiger partial charge is 0.491 e. The maximum atomic E-state index is 13.0. The summed E-state index contributed by atoms with van der Waals surface area (Å²) >= 11 is 0. The number of anilines is 1. The molecule has 0 aliphatic carbocycles. The van der Waals surface area contributed by atoms with Crippen molar-refractivity contribution in [3.63, 3.8) is 0 Å². The van der Waals surface area contributed by atoms with Crippen LogP contribution in [0.1, 0.15) is 6.42 Å². The number of hydrogen-bond donors (Lipinski definition) is 1. The molecule has 1 aliphatic rings. The maximum absolute atomic E-state index is 13.0. The van der Waals surface area contributed by atoms with Gasteiger partial charge in [0.1, 0.15) is 5.75 Å². The number of rotatable bonds is 0. The Morgan fingerprint density at radius 1 is 1.38 bits per heavy atom. The van der Waals surface area contributed by atoms with Crippen molar-refractivity contribution in [2.24, 2.45) is 0 Å². The molecule has 1 aliphatic heterocycles. The lowest BCUT2D eigenvalue weighted by Gasteiger charge is -2.17. The first-order valence-corrected chi connectivity index (χ1v) is 4.72. The Bertz CT molecular complexity index is 436. The van der Waals surface area contributed by atoms with Crippen LogP contribution in [-0.2, 0) is 0 Å². The standard InChI is InChI=1S/C10H9F2NO3/c11-6-4-8-9(5-7(6)12)16-3-1-2-13(8)10(14)15/h4-5H,1-3H2,(H,14,15). The van der Waals surface area contributed by atoms with Crippen LogP contribution in [0.15, 0.2) is 12.1 Å². The van der Waals surface area contributed by atoms with Gasteiger partial charge in [0.2, 0.25) is 0 Å². The molecule has 1 aromatic carbocycles. The summed E-state index contributed by atoms with van der Waals surface area (Å²) in [4.78, 5) is 11.9. The van der Waals surface area contributed by atoms with E-state index in [4.69, 9.17) is 9.84 Å².